The highest BCUT2D eigenvalue weighted by molar-refractivity contribution is 7.99. The summed E-state index contributed by atoms with van der Waals surface area (Å²) in [6.45, 7) is 2.29. The Bertz CT molecular complexity index is 716. The lowest BCUT2D eigenvalue weighted by atomic mass is 10.2. The van der Waals surface area contributed by atoms with Gasteiger partial charge in [-0.15, -0.1) is 0 Å². The molecule has 2 fully saturated rings. The maximum absolute atomic E-state index is 12.0. The van der Waals surface area contributed by atoms with E-state index in [9.17, 15) is 4.79 Å². The lowest BCUT2D eigenvalue weighted by Gasteiger charge is -2.17. The van der Waals surface area contributed by atoms with Crippen LogP contribution in [0.25, 0.3) is 0 Å². The molecule has 2 aromatic rings. The number of rotatable bonds is 5. The molecule has 0 aliphatic carbocycles. The minimum absolute atomic E-state index is 0.0384. The second-order valence-corrected chi connectivity index (χ2v) is 7.18. The van der Waals surface area contributed by atoms with E-state index in [1.165, 1.54) is 5.56 Å². The highest BCUT2D eigenvalue weighted by Crippen LogP contribution is 2.46. The number of esters is 1. The molecule has 0 N–H and O–H groups in total. The van der Waals surface area contributed by atoms with Crippen LogP contribution in [0.1, 0.15) is 15.9 Å². The summed E-state index contributed by atoms with van der Waals surface area (Å²) in [7, 11) is 0. The van der Waals surface area contributed by atoms with Gasteiger partial charge in [-0.05, 0) is 31.2 Å². The van der Waals surface area contributed by atoms with Crippen molar-refractivity contribution >= 4 is 17.7 Å². The molecule has 2 heterocycles. The number of hydrogen-bond donors (Lipinski definition) is 0. The predicted molar refractivity (Wildman–Crippen MR) is 91.1 cm³/mol. The number of hydrogen-bond acceptors (Lipinski definition) is 5. The van der Waals surface area contributed by atoms with Crippen LogP contribution >= 0.6 is 11.8 Å². The normalized spacial score (nSPS) is 27.5. The van der Waals surface area contributed by atoms with Gasteiger partial charge in [0.2, 0.25) is 0 Å². The molecule has 2 aliphatic rings. The van der Waals surface area contributed by atoms with Crippen LogP contribution < -0.4 is 0 Å². The van der Waals surface area contributed by atoms with Crippen LogP contribution in [-0.2, 0) is 14.2 Å². The smallest absolute Gasteiger partial charge is 0.338 e. The molecule has 0 radical (unpaired) electrons. The van der Waals surface area contributed by atoms with E-state index in [2.05, 4.69) is 31.2 Å². The van der Waals surface area contributed by atoms with Gasteiger partial charge in [0.05, 0.1) is 5.56 Å². The Kier molecular flexibility index (Phi) is 4.31. The number of fused-ring (bicyclic) bond motifs is 1. The topological polar surface area (TPSA) is 48.1 Å². The van der Waals surface area contributed by atoms with E-state index < -0.39 is 0 Å². The van der Waals surface area contributed by atoms with Crippen molar-refractivity contribution in [2.75, 3.05) is 6.61 Å². The predicted octanol–water partition coefficient (Wildman–Crippen LogP) is 3.44. The Balaban J connectivity index is 1.31. The van der Waals surface area contributed by atoms with Crippen LogP contribution in [0.5, 0.6) is 0 Å². The first-order valence-corrected chi connectivity index (χ1v) is 8.85. The molecule has 4 rings (SSSR count). The molecule has 5 heteroatoms. The first-order valence-electron chi connectivity index (χ1n) is 7.97. The molecule has 0 saturated carbocycles. The molecule has 0 aromatic heterocycles. The van der Waals surface area contributed by atoms with Crippen LogP contribution in [-0.4, -0.2) is 36.3 Å². The van der Waals surface area contributed by atoms with E-state index in [-0.39, 0.29) is 36.3 Å². The summed E-state index contributed by atoms with van der Waals surface area (Å²) in [4.78, 5) is 13.2. The number of thioether (sulfide) groups is 1. The first-order chi connectivity index (χ1) is 11.7. The van der Waals surface area contributed by atoms with Gasteiger partial charge in [0.15, 0.2) is 0 Å². The van der Waals surface area contributed by atoms with E-state index in [0.29, 0.717) is 5.56 Å². The molecule has 124 valence electrons. The van der Waals surface area contributed by atoms with Gasteiger partial charge < -0.3 is 14.2 Å². The van der Waals surface area contributed by atoms with Crippen molar-refractivity contribution in [2.24, 2.45) is 0 Å². The van der Waals surface area contributed by atoms with Gasteiger partial charge in [0.25, 0.3) is 0 Å². The quantitative estimate of drug-likeness (QED) is 0.615. The fourth-order valence-electron chi connectivity index (χ4n) is 2.78. The minimum atomic E-state index is -0.328. The molecule has 2 aromatic carbocycles. The first kappa shape index (κ1) is 15.7. The molecule has 0 unspecified atom stereocenters. The van der Waals surface area contributed by atoms with Crippen molar-refractivity contribution in [3.63, 3.8) is 0 Å². The minimum Gasteiger partial charge on any atom is -0.459 e. The summed E-state index contributed by atoms with van der Waals surface area (Å²) in [5.41, 5.74) is 1.74. The zero-order chi connectivity index (χ0) is 16.5. The Labute approximate surface area is 145 Å². The van der Waals surface area contributed by atoms with Gasteiger partial charge in [0.1, 0.15) is 30.4 Å². The van der Waals surface area contributed by atoms with Gasteiger partial charge in [0, 0.05) is 4.90 Å². The average molecular weight is 342 g/mol. The van der Waals surface area contributed by atoms with Crippen LogP contribution in [0.15, 0.2) is 59.5 Å². The van der Waals surface area contributed by atoms with Crippen LogP contribution in [0, 0.1) is 6.92 Å². The lowest BCUT2D eigenvalue weighted by molar-refractivity contribution is -0.0290. The third-order valence-electron chi connectivity index (χ3n) is 4.17. The summed E-state index contributed by atoms with van der Waals surface area (Å²) in [5, 5.41) is 0. The van der Waals surface area contributed by atoms with Crippen LogP contribution in [0.4, 0.5) is 0 Å². The summed E-state index contributed by atoms with van der Waals surface area (Å²) in [5.74, 6) is -0.328. The third kappa shape index (κ3) is 3.34. The zero-order valence-electron chi connectivity index (χ0n) is 13.3. The molecule has 2 saturated heterocycles. The van der Waals surface area contributed by atoms with Crippen molar-refractivity contribution in [1.82, 2.24) is 0 Å². The standard InChI is InChI=1S/C19H18O4S/c1-12-7-9-14(10-8-12)24-19-17-16(23-17)15(22-19)11-21-18(20)13-5-3-2-4-6-13/h2-10,15-17,19H,11H2,1H3/t15-,16-,17-,19+/m1/s1. The highest BCUT2D eigenvalue weighted by atomic mass is 32.2. The monoisotopic (exact) mass is 342 g/mol. The summed E-state index contributed by atoms with van der Waals surface area (Å²) in [6, 6.07) is 17.3. The maximum Gasteiger partial charge on any atom is 0.338 e. The third-order valence-corrected chi connectivity index (χ3v) is 5.32. The second-order valence-electron chi connectivity index (χ2n) is 6.00. The van der Waals surface area contributed by atoms with Crippen molar-refractivity contribution in [3.8, 4) is 0 Å². The van der Waals surface area contributed by atoms with E-state index in [1.807, 2.05) is 18.2 Å². The second kappa shape index (κ2) is 6.59. The Hall–Kier alpha value is -1.82. The number of ether oxygens (including phenoxy) is 3. The van der Waals surface area contributed by atoms with Gasteiger partial charge in [-0.2, -0.15) is 0 Å². The largest absolute Gasteiger partial charge is 0.459 e. The Morgan fingerprint density at radius 3 is 2.54 bits per heavy atom. The molecular weight excluding hydrogens is 324 g/mol. The molecule has 0 spiro atoms. The fraction of sp³-hybridized carbons (Fsp3) is 0.316. The van der Waals surface area contributed by atoms with E-state index in [0.717, 1.165) is 4.90 Å². The molecular formula is C19H18O4S. The maximum atomic E-state index is 12.0. The number of benzene rings is 2. The fourth-order valence-corrected chi connectivity index (χ4v) is 3.89. The van der Waals surface area contributed by atoms with E-state index >= 15 is 0 Å². The van der Waals surface area contributed by atoms with Crippen LogP contribution in [0.3, 0.4) is 0 Å². The number of carbonyl (C=O) groups is 1. The number of aryl methyl sites for hydroxylation is 1. The van der Waals surface area contributed by atoms with Gasteiger partial charge >= 0.3 is 5.97 Å². The van der Waals surface area contributed by atoms with Crippen molar-refractivity contribution in [2.45, 2.75) is 35.6 Å². The van der Waals surface area contributed by atoms with Gasteiger partial charge in [-0.1, -0.05) is 47.7 Å². The van der Waals surface area contributed by atoms with Crippen molar-refractivity contribution in [3.05, 3.63) is 65.7 Å². The summed E-state index contributed by atoms with van der Waals surface area (Å²) < 4.78 is 17.0. The average Bonchev–Trinajstić information content (AvgIpc) is 3.34. The highest BCUT2D eigenvalue weighted by Gasteiger charge is 2.58. The number of carbonyl (C=O) groups excluding carboxylic acids is 1. The number of epoxide rings is 1. The SMILES string of the molecule is Cc1ccc(S[C@@H]2O[C@H](COC(=O)c3ccccc3)[C@H]3O[C@H]32)cc1. The summed E-state index contributed by atoms with van der Waals surface area (Å²) in [6.07, 6.45) is -0.0566. The Morgan fingerprint density at radius 2 is 1.79 bits per heavy atom. The van der Waals surface area contributed by atoms with E-state index in [1.54, 1.807) is 23.9 Å². The van der Waals surface area contributed by atoms with E-state index in [4.69, 9.17) is 14.2 Å². The Morgan fingerprint density at radius 1 is 1.04 bits per heavy atom. The molecule has 4 atom stereocenters. The van der Waals surface area contributed by atoms with Gasteiger partial charge in [-0.25, -0.2) is 4.79 Å². The molecule has 0 bridgehead atoms. The molecule has 2 aliphatic heterocycles. The van der Waals surface area contributed by atoms with Crippen molar-refractivity contribution in [1.29, 1.82) is 0 Å². The molecule has 4 nitrogen and oxygen atoms in total. The van der Waals surface area contributed by atoms with Crippen molar-refractivity contribution < 1.29 is 19.0 Å². The van der Waals surface area contributed by atoms with Gasteiger partial charge in [-0.3, -0.25) is 0 Å². The zero-order valence-corrected chi connectivity index (χ0v) is 14.1. The summed E-state index contributed by atoms with van der Waals surface area (Å²) >= 11 is 1.66. The molecule has 0 amide bonds. The lowest BCUT2D eigenvalue weighted by Crippen LogP contribution is -2.25. The van der Waals surface area contributed by atoms with Crippen LogP contribution in [0.2, 0.25) is 0 Å². The molecule has 24 heavy (non-hydrogen) atoms.